The third-order valence-electron chi connectivity index (χ3n) is 2.77. The highest BCUT2D eigenvalue weighted by Gasteiger charge is 2.07. The maximum absolute atomic E-state index is 4.03. The summed E-state index contributed by atoms with van der Waals surface area (Å²) in [6, 6.07) is 8.43. The largest absolute Gasteiger partial charge is 0.214 e. The summed E-state index contributed by atoms with van der Waals surface area (Å²) >= 11 is 1.58. The van der Waals surface area contributed by atoms with Crippen molar-refractivity contribution in [1.82, 2.24) is 20.2 Å². The molecule has 100 valence electrons. The summed E-state index contributed by atoms with van der Waals surface area (Å²) in [6.07, 6.45) is 5.42. The molecule has 1 aromatic heterocycles. The first-order chi connectivity index (χ1) is 9.35. The van der Waals surface area contributed by atoms with Crippen molar-refractivity contribution < 1.29 is 0 Å². The minimum absolute atomic E-state index is 0.793. The van der Waals surface area contributed by atoms with Crippen molar-refractivity contribution in [3.05, 3.63) is 42.5 Å². The molecule has 2 rings (SSSR count). The molecule has 0 spiro atoms. The lowest BCUT2D eigenvalue weighted by Crippen LogP contribution is -1.99. The van der Waals surface area contributed by atoms with Crippen LogP contribution in [0.4, 0.5) is 0 Å². The van der Waals surface area contributed by atoms with E-state index < -0.39 is 0 Å². The third kappa shape index (κ3) is 3.67. The number of unbranched alkanes of at least 4 members (excludes halogenated alkanes) is 1. The monoisotopic (exact) mass is 274 g/mol. The number of tetrazole rings is 1. The summed E-state index contributed by atoms with van der Waals surface area (Å²) in [5.41, 5.74) is 2.36. The van der Waals surface area contributed by atoms with E-state index in [1.165, 1.54) is 18.4 Å². The second-order valence-corrected chi connectivity index (χ2v) is 5.23. The second kappa shape index (κ2) is 7.09. The topological polar surface area (TPSA) is 43.6 Å². The van der Waals surface area contributed by atoms with Gasteiger partial charge in [0, 0.05) is 5.75 Å². The predicted octanol–water partition coefficient (Wildman–Crippen LogP) is 3.28. The summed E-state index contributed by atoms with van der Waals surface area (Å²) in [5.74, 6) is 0.801. The molecule has 0 N–H and O–H groups in total. The molecule has 1 aromatic carbocycles. The van der Waals surface area contributed by atoms with Crippen molar-refractivity contribution in [3.63, 3.8) is 0 Å². The Hall–Kier alpha value is -1.62. The fourth-order valence-electron chi connectivity index (χ4n) is 1.75. The Balaban J connectivity index is 2.13. The maximum Gasteiger partial charge on any atom is 0.214 e. The Morgan fingerprint density at radius 1 is 1.32 bits per heavy atom. The zero-order chi connectivity index (χ0) is 13.5. The van der Waals surface area contributed by atoms with Crippen LogP contribution in [0, 0.1) is 0 Å². The highest BCUT2D eigenvalue weighted by atomic mass is 32.2. The summed E-state index contributed by atoms with van der Waals surface area (Å²) in [6.45, 7) is 5.91. The number of nitrogens with zero attached hydrogens (tertiary/aromatic N) is 4. The number of aryl methyl sites for hydroxylation is 1. The molecule has 0 atom stereocenters. The average molecular weight is 274 g/mol. The molecule has 0 saturated heterocycles. The Kier molecular flexibility index (Phi) is 5.15. The number of hydrogen-bond donors (Lipinski definition) is 0. The van der Waals surface area contributed by atoms with Crippen molar-refractivity contribution >= 4 is 11.8 Å². The second-order valence-electron chi connectivity index (χ2n) is 4.24. The van der Waals surface area contributed by atoms with E-state index >= 15 is 0 Å². The van der Waals surface area contributed by atoms with Crippen molar-refractivity contribution in [3.8, 4) is 5.69 Å². The fourth-order valence-corrected chi connectivity index (χ4v) is 2.37. The van der Waals surface area contributed by atoms with Gasteiger partial charge in [0.1, 0.15) is 0 Å². The standard InChI is InChI=1S/C14H18N4S/c1-3-5-6-12-7-9-13(10-8-12)18-14(15-16-17-18)19-11-4-2/h4,7-10H,2-3,5-6,11H2,1H3. The quantitative estimate of drug-likeness (QED) is 0.574. The van der Waals surface area contributed by atoms with Gasteiger partial charge in [-0.1, -0.05) is 43.3 Å². The van der Waals surface area contributed by atoms with E-state index in [9.17, 15) is 0 Å². The lowest BCUT2D eigenvalue weighted by Gasteiger charge is -2.05. The van der Waals surface area contributed by atoms with E-state index in [2.05, 4.69) is 53.3 Å². The molecule has 0 saturated carbocycles. The normalized spacial score (nSPS) is 10.6. The van der Waals surface area contributed by atoms with Crippen LogP contribution in [-0.4, -0.2) is 26.0 Å². The molecule has 0 unspecified atom stereocenters. The molecule has 0 aliphatic rings. The molecule has 1 heterocycles. The van der Waals surface area contributed by atoms with E-state index in [4.69, 9.17) is 0 Å². The summed E-state index contributed by atoms with van der Waals surface area (Å²) in [7, 11) is 0. The zero-order valence-corrected chi connectivity index (χ0v) is 11.9. The van der Waals surface area contributed by atoms with Gasteiger partial charge >= 0.3 is 0 Å². The van der Waals surface area contributed by atoms with Crippen LogP contribution in [0.3, 0.4) is 0 Å². The van der Waals surface area contributed by atoms with Crippen molar-refractivity contribution in [2.45, 2.75) is 31.3 Å². The SMILES string of the molecule is C=CCSc1nnnn1-c1ccc(CCCC)cc1. The molecule has 0 radical (unpaired) electrons. The summed E-state index contributed by atoms with van der Waals surface area (Å²) < 4.78 is 1.76. The van der Waals surface area contributed by atoms with Crippen LogP contribution < -0.4 is 0 Å². The smallest absolute Gasteiger partial charge is 0.188 e. The van der Waals surface area contributed by atoms with E-state index in [1.807, 2.05) is 6.08 Å². The van der Waals surface area contributed by atoms with Crippen LogP contribution in [-0.2, 0) is 6.42 Å². The van der Waals surface area contributed by atoms with E-state index in [0.29, 0.717) is 0 Å². The lowest BCUT2D eigenvalue weighted by atomic mass is 10.1. The van der Waals surface area contributed by atoms with E-state index in [0.717, 1.165) is 23.0 Å². The molecule has 0 aliphatic carbocycles. The minimum atomic E-state index is 0.793. The third-order valence-corrected chi connectivity index (χ3v) is 3.69. The Morgan fingerprint density at radius 3 is 2.79 bits per heavy atom. The molecule has 0 bridgehead atoms. The molecular formula is C14H18N4S. The highest BCUT2D eigenvalue weighted by molar-refractivity contribution is 7.99. The average Bonchev–Trinajstić information content (AvgIpc) is 2.92. The summed E-state index contributed by atoms with van der Waals surface area (Å²) in [4.78, 5) is 0. The van der Waals surface area contributed by atoms with Gasteiger partial charge in [-0.15, -0.1) is 11.7 Å². The van der Waals surface area contributed by atoms with Gasteiger partial charge in [0.05, 0.1) is 5.69 Å². The van der Waals surface area contributed by atoms with Crippen LogP contribution in [0.15, 0.2) is 42.1 Å². The van der Waals surface area contributed by atoms with Crippen LogP contribution in [0.5, 0.6) is 0 Å². The number of rotatable bonds is 7. The number of benzene rings is 1. The zero-order valence-electron chi connectivity index (χ0n) is 11.1. The Morgan fingerprint density at radius 2 is 2.11 bits per heavy atom. The highest BCUT2D eigenvalue weighted by Crippen LogP contribution is 2.18. The number of thioether (sulfide) groups is 1. The predicted molar refractivity (Wildman–Crippen MR) is 78.7 cm³/mol. The first-order valence-electron chi connectivity index (χ1n) is 6.46. The Bertz CT molecular complexity index is 518. The van der Waals surface area contributed by atoms with Gasteiger partial charge in [-0.05, 0) is 41.0 Å². The molecule has 0 fully saturated rings. The van der Waals surface area contributed by atoms with Crippen LogP contribution in [0.2, 0.25) is 0 Å². The fraction of sp³-hybridized carbons (Fsp3) is 0.357. The molecule has 0 amide bonds. The van der Waals surface area contributed by atoms with Gasteiger partial charge in [0.2, 0.25) is 5.16 Å². The van der Waals surface area contributed by atoms with Crippen molar-refractivity contribution in [2.24, 2.45) is 0 Å². The molecule has 4 nitrogen and oxygen atoms in total. The van der Waals surface area contributed by atoms with Gasteiger partial charge in [-0.2, -0.15) is 4.68 Å². The van der Waals surface area contributed by atoms with E-state index in [-0.39, 0.29) is 0 Å². The van der Waals surface area contributed by atoms with Crippen molar-refractivity contribution in [1.29, 1.82) is 0 Å². The maximum atomic E-state index is 4.03. The van der Waals surface area contributed by atoms with E-state index in [1.54, 1.807) is 16.4 Å². The number of aromatic nitrogens is 4. The molecule has 0 aliphatic heterocycles. The number of hydrogen-bond acceptors (Lipinski definition) is 4. The van der Waals surface area contributed by atoms with Gasteiger partial charge in [-0.3, -0.25) is 0 Å². The summed E-state index contributed by atoms with van der Waals surface area (Å²) in [5, 5.41) is 12.6. The van der Waals surface area contributed by atoms with Crippen LogP contribution >= 0.6 is 11.8 Å². The molecular weight excluding hydrogens is 256 g/mol. The van der Waals surface area contributed by atoms with Gasteiger partial charge in [0.15, 0.2) is 0 Å². The minimum Gasteiger partial charge on any atom is -0.188 e. The lowest BCUT2D eigenvalue weighted by molar-refractivity contribution is 0.754. The van der Waals surface area contributed by atoms with Crippen LogP contribution in [0.1, 0.15) is 25.3 Å². The molecule has 2 aromatic rings. The van der Waals surface area contributed by atoms with Gasteiger partial charge in [0.25, 0.3) is 0 Å². The van der Waals surface area contributed by atoms with Crippen molar-refractivity contribution in [2.75, 3.05) is 5.75 Å². The molecule has 19 heavy (non-hydrogen) atoms. The first kappa shape index (κ1) is 13.8. The van der Waals surface area contributed by atoms with Gasteiger partial charge < -0.3 is 0 Å². The first-order valence-corrected chi connectivity index (χ1v) is 7.45. The van der Waals surface area contributed by atoms with Crippen LogP contribution in [0.25, 0.3) is 5.69 Å². The Labute approximate surface area is 117 Å². The van der Waals surface area contributed by atoms with Gasteiger partial charge in [-0.25, -0.2) is 0 Å². The molecule has 5 heteroatoms.